The van der Waals surface area contributed by atoms with Crippen molar-refractivity contribution in [1.82, 2.24) is 24.1 Å². The number of aromatic nitrogens is 4. The SMILES string of the molecule is CC(C)(C)OC(=O)N(CCC(F)(F)F)c1cc(Br)cn2c(I)cnc12.Cc1cc(-c2cnc3c(N(CCC(F)(F)F)C(=O)OC(C)(C)C)cc(Br)cn23)ccc1C(=O)NC1CC1. The van der Waals surface area contributed by atoms with Crippen molar-refractivity contribution < 1.29 is 50.2 Å². The number of hydrogen-bond acceptors (Lipinski definition) is 7. The molecular formula is C41H44Br2F6IN7O5. The average Bonchev–Trinajstić information content (AvgIpc) is 3.70. The fourth-order valence-electron chi connectivity index (χ4n) is 5.96. The van der Waals surface area contributed by atoms with Crippen LogP contribution >= 0.6 is 54.5 Å². The molecule has 62 heavy (non-hydrogen) atoms. The number of benzene rings is 1. The number of hydrogen-bond donors (Lipinski definition) is 1. The molecule has 4 heterocycles. The lowest BCUT2D eigenvalue weighted by Crippen LogP contribution is -2.39. The van der Waals surface area contributed by atoms with Crippen molar-refractivity contribution in [1.29, 1.82) is 0 Å². The van der Waals surface area contributed by atoms with E-state index in [2.05, 4.69) is 47.1 Å². The molecule has 1 saturated carbocycles. The van der Waals surface area contributed by atoms with E-state index < -0.39 is 61.7 Å². The van der Waals surface area contributed by atoms with Gasteiger partial charge in [-0.2, -0.15) is 26.3 Å². The van der Waals surface area contributed by atoms with E-state index in [-0.39, 0.29) is 23.3 Å². The Hall–Kier alpha value is -4.12. The van der Waals surface area contributed by atoms with Gasteiger partial charge in [-0.3, -0.25) is 23.4 Å². The average molecular weight is 1120 g/mol. The Morgan fingerprint density at radius 1 is 0.774 bits per heavy atom. The van der Waals surface area contributed by atoms with Gasteiger partial charge >= 0.3 is 24.5 Å². The molecule has 336 valence electrons. The molecule has 1 aromatic carbocycles. The number of nitrogens with one attached hydrogen (secondary N) is 1. The van der Waals surface area contributed by atoms with Gasteiger partial charge < -0.3 is 14.8 Å². The monoisotopic (exact) mass is 1110 g/mol. The molecule has 0 aliphatic heterocycles. The highest BCUT2D eigenvalue weighted by molar-refractivity contribution is 14.1. The number of aryl methyl sites for hydroxylation is 1. The number of carbonyl (C=O) groups is 3. The molecule has 1 fully saturated rings. The van der Waals surface area contributed by atoms with Gasteiger partial charge in [0.25, 0.3) is 5.91 Å². The summed E-state index contributed by atoms with van der Waals surface area (Å²) in [5.74, 6) is -0.118. The lowest BCUT2D eigenvalue weighted by Gasteiger charge is -2.28. The molecule has 5 aromatic rings. The number of nitrogens with zero attached hydrogens (tertiary/aromatic N) is 6. The fraction of sp³-hybridized carbons (Fsp3) is 0.439. The third kappa shape index (κ3) is 13.4. The maximum Gasteiger partial charge on any atom is 0.414 e. The Bertz CT molecular complexity index is 2460. The van der Waals surface area contributed by atoms with Gasteiger partial charge in [0.05, 0.1) is 42.3 Å². The van der Waals surface area contributed by atoms with E-state index >= 15 is 0 Å². The summed E-state index contributed by atoms with van der Waals surface area (Å²) in [7, 11) is 0. The van der Waals surface area contributed by atoms with Gasteiger partial charge in [0.1, 0.15) is 14.9 Å². The molecule has 0 spiro atoms. The number of carbonyl (C=O) groups excluding carboxylic acids is 3. The number of imidazole rings is 2. The molecule has 6 rings (SSSR count). The van der Waals surface area contributed by atoms with E-state index in [0.717, 1.165) is 37.5 Å². The number of pyridine rings is 2. The molecule has 0 atom stereocenters. The Morgan fingerprint density at radius 3 is 1.69 bits per heavy atom. The smallest absolute Gasteiger partial charge is 0.414 e. The van der Waals surface area contributed by atoms with E-state index in [1.54, 1.807) is 99.4 Å². The quantitative estimate of drug-likeness (QED) is 0.115. The molecule has 1 N–H and O–H groups in total. The van der Waals surface area contributed by atoms with Crippen molar-refractivity contribution in [2.24, 2.45) is 0 Å². The first-order valence-electron chi connectivity index (χ1n) is 19.1. The van der Waals surface area contributed by atoms with Gasteiger partial charge in [-0.15, -0.1) is 0 Å². The maximum atomic E-state index is 13.1. The molecular weight excluding hydrogens is 1070 g/mol. The minimum Gasteiger partial charge on any atom is -0.443 e. The highest BCUT2D eigenvalue weighted by Crippen LogP contribution is 2.34. The van der Waals surface area contributed by atoms with E-state index in [1.165, 1.54) is 0 Å². The summed E-state index contributed by atoms with van der Waals surface area (Å²) in [5, 5.41) is 2.98. The molecule has 3 amide bonds. The van der Waals surface area contributed by atoms with Crippen LogP contribution in [0.4, 0.5) is 47.3 Å². The van der Waals surface area contributed by atoms with Crippen LogP contribution in [0.2, 0.25) is 0 Å². The number of amides is 3. The van der Waals surface area contributed by atoms with Crippen molar-refractivity contribution in [3.05, 3.63) is 78.9 Å². The summed E-state index contributed by atoms with van der Waals surface area (Å²) in [6.45, 7) is 10.6. The molecule has 0 radical (unpaired) electrons. The van der Waals surface area contributed by atoms with E-state index in [4.69, 9.17) is 9.47 Å². The van der Waals surface area contributed by atoms with Crippen molar-refractivity contribution in [3.8, 4) is 11.3 Å². The first-order chi connectivity index (χ1) is 28.6. The second-order valence-corrected chi connectivity index (χ2v) is 19.4. The van der Waals surface area contributed by atoms with Gasteiger partial charge in [-0.05, 0) is 146 Å². The topological polar surface area (TPSA) is 123 Å². The first kappa shape index (κ1) is 48.9. The predicted molar refractivity (Wildman–Crippen MR) is 238 cm³/mol. The molecule has 4 aromatic heterocycles. The molecule has 1 aliphatic rings. The van der Waals surface area contributed by atoms with Crippen LogP contribution in [0.1, 0.15) is 83.1 Å². The Labute approximate surface area is 384 Å². The lowest BCUT2D eigenvalue weighted by atomic mass is 10.0. The van der Waals surface area contributed by atoms with Crippen LogP contribution in [-0.2, 0) is 9.47 Å². The summed E-state index contributed by atoms with van der Waals surface area (Å²) >= 11 is 8.78. The minimum atomic E-state index is -4.46. The third-order valence-corrected chi connectivity index (χ3v) is 10.5. The van der Waals surface area contributed by atoms with Crippen LogP contribution < -0.4 is 15.1 Å². The van der Waals surface area contributed by atoms with E-state index in [0.29, 0.717) is 31.5 Å². The van der Waals surface area contributed by atoms with Crippen LogP contribution in [0.15, 0.2) is 64.1 Å². The largest absolute Gasteiger partial charge is 0.443 e. The molecule has 1 aliphatic carbocycles. The second-order valence-electron chi connectivity index (χ2n) is 16.5. The second kappa shape index (κ2) is 18.9. The summed E-state index contributed by atoms with van der Waals surface area (Å²) in [6.07, 6.45) is -4.38. The summed E-state index contributed by atoms with van der Waals surface area (Å²) in [4.78, 5) is 48.6. The van der Waals surface area contributed by atoms with E-state index in [9.17, 15) is 40.7 Å². The summed E-state index contributed by atoms with van der Waals surface area (Å²) in [6, 6.07) is 8.75. The van der Waals surface area contributed by atoms with Gasteiger partial charge in [0, 0.05) is 51.6 Å². The third-order valence-electron chi connectivity index (χ3n) is 8.79. The van der Waals surface area contributed by atoms with Crippen LogP contribution in [0, 0.1) is 10.6 Å². The van der Waals surface area contributed by atoms with Gasteiger partial charge in [-0.25, -0.2) is 19.6 Å². The zero-order valence-electron chi connectivity index (χ0n) is 34.6. The Morgan fingerprint density at radius 2 is 1.24 bits per heavy atom. The first-order valence-corrected chi connectivity index (χ1v) is 21.8. The number of ether oxygens (including phenoxy) is 2. The maximum absolute atomic E-state index is 13.1. The predicted octanol–water partition coefficient (Wildman–Crippen LogP) is 12.1. The molecule has 21 heteroatoms. The normalized spacial score (nSPS) is 13.4. The minimum absolute atomic E-state index is 0.118. The Kier molecular flexibility index (Phi) is 14.9. The van der Waals surface area contributed by atoms with E-state index in [1.807, 2.05) is 35.6 Å². The number of anilines is 2. The van der Waals surface area contributed by atoms with Crippen LogP contribution in [0.3, 0.4) is 0 Å². The van der Waals surface area contributed by atoms with Crippen molar-refractivity contribution in [3.63, 3.8) is 0 Å². The van der Waals surface area contributed by atoms with Crippen molar-refractivity contribution in [2.75, 3.05) is 22.9 Å². The van der Waals surface area contributed by atoms with Crippen molar-refractivity contribution >= 4 is 95.2 Å². The fourth-order valence-corrected chi connectivity index (χ4v) is 7.31. The highest BCUT2D eigenvalue weighted by Gasteiger charge is 2.34. The molecule has 12 nitrogen and oxygen atoms in total. The lowest BCUT2D eigenvalue weighted by molar-refractivity contribution is -0.133. The number of halogens is 9. The van der Waals surface area contributed by atoms with Crippen LogP contribution in [0.5, 0.6) is 0 Å². The highest BCUT2D eigenvalue weighted by atomic mass is 127. The number of fused-ring (bicyclic) bond motifs is 2. The zero-order valence-corrected chi connectivity index (χ0v) is 40.0. The number of rotatable bonds is 9. The summed E-state index contributed by atoms with van der Waals surface area (Å²) in [5.41, 5.74) is 2.12. The van der Waals surface area contributed by atoms with Gasteiger partial charge in [0.2, 0.25) is 0 Å². The molecule has 0 unspecified atom stereocenters. The van der Waals surface area contributed by atoms with Gasteiger partial charge in [-0.1, -0.05) is 6.07 Å². The van der Waals surface area contributed by atoms with Crippen molar-refractivity contribution in [2.45, 2.75) is 104 Å². The zero-order chi connectivity index (χ0) is 46.1. The standard InChI is InChI=1S/C26H28BrF3N4O3.C15H16BrF3IN3O2/c1-15-11-16(5-8-19(15)23(35)32-18-6-7-18)21-13-31-22-20(12-17(27)14-34(21)22)33(10-9-26(28,29)30)24(36)37-25(2,3)4;1-14(2,3)25-13(24)22(5-4-15(17,18)19)10-6-9(16)8-23-11(20)7-21-12(10)23/h5,8,11-14,18H,6-7,9-10H2,1-4H3,(H,32,35);6-8H,4-5H2,1-3H3. The van der Waals surface area contributed by atoms with Crippen LogP contribution in [-0.4, -0.2) is 79.5 Å². The van der Waals surface area contributed by atoms with Crippen LogP contribution in [0.25, 0.3) is 22.6 Å². The number of alkyl halides is 6. The van der Waals surface area contributed by atoms with Gasteiger partial charge in [0.15, 0.2) is 11.3 Å². The summed E-state index contributed by atoms with van der Waals surface area (Å²) < 4.78 is 93.5. The molecule has 0 bridgehead atoms. The Balaban J connectivity index is 0.000000253. The molecule has 0 saturated heterocycles.